The summed E-state index contributed by atoms with van der Waals surface area (Å²) >= 11 is 5.47. The zero-order valence-corrected chi connectivity index (χ0v) is 8.90. The Balaban J connectivity index is 2.34. The topological polar surface area (TPSA) is 99.8 Å². The Labute approximate surface area is 95.8 Å². The van der Waals surface area contributed by atoms with E-state index in [4.69, 9.17) is 26.2 Å². The SMILES string of the molecule is O=C(NCCC(O)C(=O)O)c1ccc(Cl)o1. The number of carboxylic acid groups (broad SMARTS) is 1. The molecule has 1 atom stereocenters. The third-order valence-corrected chi connectivity index (χ3v) is 1.99. The average Bonchev–Trinajstić information content (AvgIpc) is 2.64. The molecule has 1 amide bonds. The number of aliphatic hydroxyl groups is 1. The fourth-order valence-corrected chi connectivity index (χ4v) is 1.12. The third kappa shape index (κ3) is 3.56. The maximum atomic E-state index is 11.3. The van der Waals surface area contributed by atoms with Crippen LogP contribution < -0.4 is 5.32 Å². The lowest BCUT2D eigenvalue weighted by atomic mass is 10.2. The number of carbonyl (C=O) groups excluding carboxylic acids is 1. The van der Waals surface area contributed by atoms with Crippen LogP contribution in [0.5, 0.6) is 0 Å². The van der Waals surface area contributed by atoms with Gasteiger partial charge in [0.25, 0.3) is 5.91 Å². The molecule has 0 spiro atoms. The number of furan rings is 1. The van der Waals surface area contributed by atoms with Crippen molar-refractivity contribution in [3.8, 4) is 0 Å². The first-order chi connectivity index (χ1) is 7.50. The second-order valence-corrected chi connectivity index (χ2v) is 3.37. The first-order valence-electron chi connectivity index (χ1n) is 4.45. The molecule has 0 aliphatic rings. The van der Waals surface area contributed by atoms with Crippen molar-refractivity contribution in [2.75, 3.05) is 6.54 Å². The van der Waals surface area contributed by atoms with Gasteiger partial charge in [0.05, 0.1) is 0 Å². The van der Waals surface area contributed by atoms with Crippen LogP contribution in [0.4, 0.5) is 0 Å². The molecule has 1 heterocycles. The molecule has 88 valence electrons. The van der Waals surface area contributed by atoms with Crippen molar-refractivity contribution in [2.45, 2.75) is 12.5 Å². The van der Waals surface area contributed by atoms with Gasteiger partial charge >= 0.3 is 5.97 Å². The molecular formula is C9H10ClNO5. The minimum absolute atomic E-state index is 0.0324. The van der Waals surface area contributed by atoms with E-state index in [1.807, 2.05) is 0 Å². The highest BCUT2D eigenvalue weighted by Gasteiger charge is 2.14. The standard InChI is InChI=1S/C9H10ClNO5/c10-7-2-1-6(16-7)8(13)11-4-3-5(12)9(14)15/h1-2,5,12H,3-4H2,(H,11,13)(H,14,15). The minimum Gasteiger partial charge on any atom is -0.479 e. The van der Waals surface area contributed by atoms with Crippen molar-refractivity contribution < 1.29 is 24.2 Å². The summed E-state index contributed by atoms with van der Waals surface area (Å²) in [6.07, 6.45) is -1.56. The smallest absolute Gasteiger partial charge is 0.332 e. The molecule has 1 aromatic heterocycles. The maximum Gasteiger partial charge on any atom is 0.332 e. The Morgan fingerprint density at radius 1 is 1.50 bits per heavy atom. The van der Waals surface area contributed by atoms with Crippen molar-refractivity contribution >= 4 is 23.5 Å². The summed E-state index contributed by atoms with van der Waals surface area (Å²) in [5.41, 5.74) is 0. The van der Waals surface area contributed by atoms with E-state index in [0.717, 1.165) is 0 Å². The predicted octanol–water partition coefficient (Wildman–Crippen LogP) is 0.498. The molecule has 16 heavy (non-hydrogen) atoms. The van der Waals surface area contributed by atoms with Crippen LogP contribution in [0.15, 0.2) is 16.5 Å². The summed E-state index contributed by atoms with van der Waals surface area (Å²) in [6.45, 7) is 0.0324. The molecule has 0 radical (unpaired) electrons. The minimum atomic E-state index is -1.49. The van der Waals surface area contributed by atoms with Gasteiger partial charge in [-0.3, -0.25) is 4.79 Å². The van der Waals surface area contributed by atoms with Crippen LogP contribution in [0.25, 0.3) is 0 Å². The number of halogens is 1. The predicted molar refractivity (Wildman–Crippen MR) is 54.3 cm³/mol. The summed E-state index contributed by atoms with van der Waals surface area (Å²) in [7, 11) is 0. The number of aliphatic hydroxyl groups excluding tert-OH is 1. The van der Waals surface area contributed by atoms with Crippen LogP contribution in [0.2, 0.25) is 5.22 Å². The van der Waals surface area contributed by atoms with Crippen molar-refractivity contribution in [1.82, 2.24) is 5.32 Å². The number of nitrogens with one attached hydrogen (secondary N) is 1. The number of rotatable bonds is 5. The van der Waals surface area contributed by atoms with Gasteiger partial charge in [0.1, 0.15) is 0 Å². The Hall–Kier alpha value is -1.53. The molecule has 0 aromatic carbocycles. The molecule has 3 N–H and O–H groups in total. The molecule has 0 saturated heterocycles. The Morgan fingerprint density at radius 3 is 2.69 bits per heavy atom. The van der Waals surface area contributed by atoms with Crippen LogP contribution >= 0.6 is 11.6 Å². The van der Waals surface area contributed by atoms with Crippen molar-refractivity contribution in [2.24, 2.45) is 0 Å². The lowest BCUT2D eigenvalue weighted by Crippen LogP contribution is -2.29. The van der Waals surface area contributed by atoms with Gasteiger partial charge in [0.15, 0.2) is 17.1 Å². The molecule has 1 unspecified atom stereocenters. The van der Waals surface area contributed by atoms with E-state index in [1.165, 1.54) is 12.1 Å². The largest absolute Gasteiger partial charge is 0.479 e. The van der Waals surface area contributed by atoms with Gasteiger partial charge < -0.3 is 19.9 Å². The lowest BCUT2D eigenvalue weighted by molar-refractivity contribution is -0.146. The van der Waals surface area contributed by atoms with E-state index >= 15 is 0 Å². The Kier molecular flexibility index (Phi) is 4.33. The van der Waals surface area contributed by atoms with E-state index in [-0.39, 0.29) is 23.9 Å². The zero-order valence-electron chi connectivity index (χ0n) is 8.14. The third-order valence-electron chi connectivity index (χ3n) is 1.79. The first-order valence-corrected chi connectivity index (χ1v) is 4.83. The molecule has 6 nitrogen and oxygen atoms in total. The quantitative estimate of drug-likeness (QED) is 0.704. The summed E-state index contributed by atoms with van der Waals surface area (Å²) < 4.78 is 4.82. The van der Waals surface area contributed by atoms with E-state index in [1.54, 1.807) is 0 Å². The van der Waals surface area contributed by atoms with Crippen LogP contribution in [0, 0.1) is 0 Å². The van der Waals surface area contributed by atoms with Crippen molar-refractivity contribution in [3.63, 3.8) is 0 Å². The molecule has 0 aliphatic carbocycles. The summed E-state index contributed by atoms with van der Waals surface area (Å²) in [5.74, 6) is -1.80. The van der Waals surface area contributed by atoms with Crippen LogP contribution in [-0.2, 0) is 4.79 Å². The summed E-state index contributed by atoms with van der Waals surface area (Å²) in [5, 5.41) is 19.8. The van der Waals surface area contributed by atoms with Gasteiger partial charge in [-0.25, -0.2) is 4.79 Å². The highest BCUT2D eigenvalue weighted by Crippen LogP contribution is 2.12. The Morgan fingerprint density at radius 2 is 2.19 bits per heavy atom. The summed E-state index contributed by atoms with van der Waals surface area (Å²) in [6, 6.07) is 2.81. The monoisotopic (exact) mass is 247 g/mol. The highest BCUT2D eigenvalue weighted by atomic mass is 35.5. The second kappa shape index (κ2) is 5.53. The zero-order chi connectivity index (χ0) is 12.1. The second-order valence-electron chi connectivity index (χ2n) is 3.00. The maximum absolute atomic E-state index is 11.3. The fourth-order valence-electron chi connectivity index (χ4n) is 0.969. The van der Waals surface area contributed by atoms with Crippen LogP contribution in [0.3, 0.4) is 0 Å². The highest BCUT2D eigenvalue weighted by molar-refractivity contribution is 6.29. The van der Waals surface area contributed by atoms with Gasteiger partial charge in [-0.1, -0.05) is 0 Å². The molecule has 0 saturated carbocycles. The number of carbonyl (C=O) groups is 2. The molecule has 0 bridgehead atoms. The molecule has 1 rings (SSSR count). The number of carboxylic acids is 1. The molecule has 7 heteroatoms. The number of aliphatic carboxylic acids is 1. The number of hydrogen-bond donors (Lipinski definition) is 3. The fraction of sp³-hybridized carbons (Fsp3) is 0.333. The van der Waals surface area contributed by atoms with Gasteiger partial charge in [0, 0.05) is 13.0 Å². The first kappa shape index (κ1) is 12.5. The van der Waals surface area contributed by atoms with Crippen molar-refractivity contribution in [3.05, 3.63) is 23.1 Å². The van der Waals surface area contributed by atoms with Crippen LogP contribution in [0.1, 0.15) is 17.0 Å². The number of hydrogen-bond acceptors (Lipinski definition) is 4. The molecule has 0 aliphatic heterocycles. The van der Waals surface area contributed by atoms with E-state index in [9.17, 15) is 9.59 Å². The van der Waals surface area contributed by atoms with Gasteiger partial charge in [-0.05, 0) is 23.7 Å². The van der Waals surface area contributed by atoms with Gasteiger partial charge in [-0.15, -0.1) is 0 Å². The summed E-state index contributed by atoms with van der Waals surface area (Å²) in [4.78, 5) is 21.6. The molecule has 0 fully saturated rings. The molecular weight excluding hydrogens is 238 g/mol. The van der Waals surface area contributed by atoms with E-state index in [2.05, 4.69) is 5.32 Å². The molecule has 1 aromatic rings. The Bertz CT molecular complexity index is 389. The van der Waals surface area contributed by atoms with Crippen LogP contribution in [-0.4, -0.2) is 34.7 Å². The average molecular weight is 248 g/mol. The number of amides is 1. The van der Waals surface area contributed by atoms with E-state index in [0.29, 0.717) is 0 Å². The normalized spacial score (nSPS) is 12.1. The van der Waals surface area contributed by atoms with E-state index < -0.39 is 18.0 Å². The van der Waals surface area contributed by atoms with Crippen molar-refractivity contribution in [1.29, 1.82) is 0 Å². The van der Waals surface area contributed by atoms with Gasteiger partial charge in [-0.2, -0.15) is 0 Å². The van der Waals surface area contributed by atoms with Gasteiger partial charge in [0.2, 0.25) is 0 Å². The lowest BCUT2D eigenvalue weighted by Gasteiger charge is -2.05.